The van der Waals surface area contributed by atoms with E-state index in [4.69, 9.17) is 22.2 Å². The van der Waals surface area contributed by atoms with Gasteiger partial charge in [-0.1, -0.05) is 43.7 Å². The first-order valence-electron chi connectivity index (χ1n) is 9.98. The van der Waals surface area contributed by atoms with Gasteiger partial charge >= 0.3 is 0 Å². The number of nitriles is 1. The van der Waals surface area contributed by atoms with E-state index in [1.54, 1.807) is 18.2 Å². The zero-order valence-corrected chi connectivity index (χ0v) is 19.5. The average Bonchev–Trinajstić information content (AvgIpc) is 2.75. The van der Waals surface area contributed by atoms with Crippen LogP contribution < -0.4 is 10.1 Å². The number of benzene rings is 2. The molecule has 0 saturated heterocycles. The van der Waals surface area contributed by atoms with Gasteiger partial charge < -0.3 is 9.64 Å². The zero-order valence-electron chi connectivity index (χ0n) is 17.1. The average molecular weight is 488 g/mol. The van der Waals surface area contributed by atoms with Gasteiger partial charge in [-0.3, -0.25) is 10.1 Å². The molecule has 0 spiro atoms. The topological polar surface area (TPSA) is 65.4 Å². The molecule has 158 valence electrons. The highest BCUT2D eigenvalue weighted by Crippen LogP contribution is 2.26. The molecular weight excluding hydrogens is 462 g/mol. The fourth-order valence-corrected chi connectivity index (χ4v) is 3.51. The van der Waals surface area contributed by atoms with Crippen molar-refractivity contribution >= 4 is 39.2 Å². The first kappa shape index (κ1) is 23.8. The molecule has 2 aromatic rings. The number of rotatable bonds is 10. The first-order chi connectivity index (χ1) is 14.5. The number of ether oxygens (including phenoxy) is 1. The molecule has 1 N–H and O–H groups in total. The molecule has 0 bridgehead atoms. The standard InChI is InChI=1S/C23H26BrN3O2S/c1-2-3-16-29-21-11-10-19(17-20(21)24)22(28)26-23(30)27(14-7-13-25)15-12-18-8-5-4-6-9-18/h4-6,8-11,17H,2-3,7,12,14-16H2,1H3,(H,26,28,30). The predicted octanol–water partition coefficient (Wildman–Crippen LogP) is 5.10. The number of halogens is 1. The van der Waals surface area contributed by atoms with Crippen LogP contribution in [0.25, 0.3) is 0 Å². The number of carbonyl (C=O) groups is 1. The van der Waals surface area contributed by atoms with E-state index in [1.165, 1.54) is 5.56 Å². The van der Waals surface area contributed by atoms with E-state index in [0.29, 0.717) is 42.5 Å². The Kier molecular flexibility index (Phi) is 10.3. The van der Waals surface area contributed by atoms with Crippen LogP contribution in [0.5, 0.6) is 5.75 Å². The largest absolute Gasteiger partial charge is 0.492 e. The Labute approximate surface area is 192 Å². The van der Waals surface area contributed by atoms with Gasteiger partial charge in [-0.2, -0.15) is 5.26 Å². The maximum absolute atomic E-state index is 12.7. The number of carbonyl (C=O) groups excluding carboxylic acids is 1. The van der Waals surface area contributed by atoms with Gasteiger partial charge in [-0.05, 0) is 64.8 Å². The molecule has 0 atom stereocenters. The number of amides is 1. The van der Waals surface area contributed by atoms with Crippen molar-refractivity contribution in [3.63, 3.8) is 0 Å². The third kappa shape index (κ3) is 7.77. The number of nitrogens with one attached hydrogen (secondary N) is 1. The summed E-state index contributed by atoms with van der Waals surface area (Å²) in [5.74, 6) is 0.420. The van der Waals surface area contributed by atoms with Crippen molar-refractivity contribution < 1.29 is 9.53 Å². The van der Waals surface area contributed by atoms with E-state index in [-0.39, 0.29) is 5.91 Å². The Bertz CT molecular complexity index is 884. The van der Waals surface area contributed by atoms with Crippen molar-refractivity contribution in [1.82, 2.24) is 10.2 Å². The molecule has 0 aromatic heterocycles. The molecule has 0 radical (unpaired) electrons. The van der Waals surface area contributed by atoms with Crippen LogP contribution in [0.4, 0.5) is 0 Å². The minimum atomic E-state index is -0.289. The van der Waals surface area contributed by atoms with Crippen molar-refractivity contribution in [2.75, 3.05) is 19.7 Å². The van der Waals surface area contributed by atoms with E-state index in [9.17, 15) is 4.79 Å². The Morgan fingerprint density at radius 1 is 1.23 bits per heavy atom. The Morgan fingerprint density at radius 3 is 2.67 bits per heavy atom. The number of nitrogens with zero attached hydrogens (tertiary/aromatic N) is 2. The van der Waals surface area contributed by atoms with Gasteiger partial charge in [0.2, 0.25) is 0 Å². The van der Waals surface area contributed by atoms with Crippen LogP contribution in [0.3, 0.4) is 0 Å². The van der Waals surface area contributed by atoms with Crippen molar-refractivity contribution in [3.05, 3.63) is 64.1 Å². The number of unbranched alkanes of at least 4 members (excludes halogenated alkanes) is 1. The summed E-state index contributed by atoms with van der Waals surface area (Å²) in [5.41, 5.74) is 1.66. The third-order valence-electron chi connectivity index (χ3n) is 4.46. The second-order valence-corrected chi connectivity index (χ2v) is 7.98. The maximum atomic E-state index is 12.7. The minimum absolute atomic E-state index is 0.289. The number of hydrogen-bond donors (Lipinski definition) is 1. The normalized spacial score (nSPS) is 10.2. The lowest BCUT2D eigenvalue weighted by Gasteiger charge is -2.24. The van der Waals surface area contributed by atoms with Crippen LogP contribution in [-0.2, 0) is 6.42 Å². The molecule has 0 heterocycles. The van der Waals surface area contributed by atoms with Crippen molar-refractivity contribution in [1.29, 1.82) is 5.26 Å². The maximum Gasteiger partial charge on any atom is 0.257 e. The lowest BCUT2D eigenvalue weighted by atomic mass is 10.1. The summed E-state index contributed by atoms with van der Waals surface area (Å²) >= 11 is 8.92. The van der Waals surface area contributed by atoms with Gasteiger partial charge in [-0.25, -0.2) is 0 Å². The monoisotopic (exact) mass is 487 g/mol. The van der Waals surface area contributed by atoms with Crippen molar-refractivity contribution in [2.45, 2.75) is 32.6 Å². The van der Waals surface area contributed by atoms with E-state index in [0.717, 1.165) is 23.7 Å². The molecule has 5 nitrogen and oxygen atoms in total. The summed E-state index contributed by atoms with van der Waals surface area (Å²) in [6.45, 7) is 3.84. The molecular formula is C23H26BrN3O2S. The summed E-state index contributed by atoms with van der Waals surface area (Å²) in [4.78, 5) is 14.5. The molecule has 0 unspecified atom stereocenters. The van der Waals surface area contributed by atoms with Crippen LogP contribution in [-0.4, -0.2) is 35.6 Å². The molecule has 0 fully saturated rings. The van der Waals surface area contributed by atoms with Crippen molar-refractivity contribution in [3.8, 4) is 11.8 Å². The lowest BCUT2D eigenvalue weighted by Crippen LogP contribution is -2.44. The van der Waals surface area contributed by atoms with Crippen LogP contribution in [0.2, 0.25) is 0 Å². The van der Waals surface area contributed by atoms with Gasteiger partial charge in [0.15, 0.2) is 5.11 Å². The van der Waals surface area contributed by atoms with Crippen LogP contribution in [0.1, 0.15) is 42.1 Å². The summed E-state index contributed by atoms with van der Waals surface area (Å²) in [7, 11) is 0. The zero-order chi connectivity index (χ0) is 21.8. The second-order valence-electron chi connectivity index (χ2n) is 6.74. The first-order valence-corrected chi connectivity index (χ1v) is 11.2. The highest BCUT2D eigenvalue weighted by molar-refractivity contribution is 9.10. The predicted molar refractivity (Wildman–Crippen MR) is 127 cm³/mol. The molecule has 2 aromatic carbocycles. The van der Waals surface area contributed by atoms with Crippen LogP contribution >= 0.6 is 28.1 Å². The molecule has 1 amide bonds. The third-order valence-corrected chi connectivity index (χ3v) is 5.44. The summed E-state index contributed by atoms with van der Waals surface area (Å²) in [6.07, 6.45) is 3.14. The van der Waals surface area contributed by atoms with E-state index < -0.39 is 0 Å². The molecule has 30 heavy (non-hydrogen) atoms. The summed E-state index contributed by atoms with van der Waals surface area (Å²) in [5, 5.41) is 12.1. The van der Waals surface area contributed by atoms with Gasteiger partial charge in [0.25, 0.3) is 5.91 Å². The Hall–Kier alpha value is -2.43. The smallest absolute Gasteiger partial charge is 0.257 e. The molecule has 0 aliphatic rings. The Balaban J connectivity index is 1.98. The SMILES string of the molecule is CCCCOc1ccc(C(=O)NC(=S)N(CCC#N)CCc2ccccc2)cc1Br. The highest BCUT2D eigenvalue weighted by Gasteiger charge is 2.15. The van der Waals surface area contributed by atoms with E-state index in [1.807, 2.05) is 35.2 Å². The fourth-order valence-electron chi connectivity index (χ4n) is 2.74. The van der Waals surface area contributed by atoms with Gasteiger partial charge in [-0.15, -0.1) is 0 Å². The second kappa shape index (κ2) is 13.0. The van der Waals surface area contributed by atoms with Crippen LogP contribution in [0, 0.1) is 11.3 Å². The molecule has 0 saturated carbocycles. The highest BCUT2D eigenvalue weighted by atomic mass is 79.9. The quantitative estimate of drug-likeness (QED) is 0.372. The molecule has 0 aliphatic heterocycles. The Morgan fingerprint density at radius 2 is 2.00 bits per heavy atom. The van der Waals surface area contributed by atoms with Gasteiger partial charge in [0.05, 0.1) is 23.6 Å². The van der Waals surface area contributed by atoms with E-state index in [2.05, 4.69) is 34.2 Å². The van der Waals surface area contributed by atoms with Crippen molar-refractivity contribution in [2.24, 2.45) is 0 Å². The lowest BCUT2D eigenvalue weighted by molar-refractivity contribution is 0.0973. The van der Waals surface area contributed by atoms with Gasteiger partial charge in [0, 0.05) is 18.7 Å². The molecule has 0 aliphatic carbocycles. The summed E-state index contributed by atoms with van der Waals surface area (Å²) in [6, 6.07) is 17.4. The summed E-state index contributed by atoms with van der Waals surface area (Å²) < 4.78 is 6.43. The van der Waals surface area contributed by atoms with Crippen LogP contribution in [0.15, 0.2) is 53.0 Å². The van der Waals surface area contributed by atoms with E-state index >= 15 is 0 Å². The number of hydrogen-bond acceptors (Lipinski definition) is 4. The molecule has 7 heteroatoms. The number of thiocarbonyl (C=S) groups is 1. The van der Waals surface area contributed by atoms with Gasteiger partial charge in [0.1, 0.15) is 5.75 Å². The fraction of sp³-hybridized carbons (Fsp3) is 0.348. The molecule has 2 rings (SSSR count). The minimum Gasteiger partial charge on any atom is -0.492 e.